The van der Waals surface area contributed by atoms with E-state index in [-0.39, 0.29) is 5.75 Å². The summed E-state index contributed by atoms with van der Waals surface area (Å²) in [5.74, 6) is 0.552. The van der Waals surface area contributed by atoms with Crippen LogP contribution < -0.4 is 10.1 Å². The van der Waals surface area contributed by atoms with Gasteiger partial charge in [-0.15, -0.1) is 0 Å². The van der Waals surface area contributed by atoms with Crippen LogP contribution in [-0.4, -0.2) is 12.2 Å². The van der Waals surface area contributed by atoms with Crippen LogP contribution in [0.4, 0.5) is 5.69 Å². The summed E-state index contributed by atoms with van der Waals surface area (Å²) < 4.78 is 4.98. The van der Waals surface area contributed by atoms with Gasteiger partial charge in [0.1, 0.15) is 0 Å². The Morgan fingerprint density at radius 3 is 2.53 bits per heavy atom. The van der Waals surface area contributed by atoms with Gasteiger partial charge in [-0.25, -0.2) is 0 Å². The van der Waals surface area contributed by atoms with Crippen LogP contribution in [0.5, 0.6) is 11.5 Å². The largest absolute Gasteiger partial charge is 0.504 e. The van der Waals surface area contributed by atoms with Crippen LogP contribution in [0.3, 0.4) is 0 Å². The number of nitriles is 1. The van der Waals surface area contributed by atoms with Gasteiger partial charge in [-0.2, -0.15) is 5.26 Å². The molecule has 0 unspecified atom stereocenters. The van der Waals surface area contributed by atoms with Crippen LogP contribution in [0.15, 0.2) is 42.5 Å². The Morgan fingerprint density at radius 1 is 1.21 bits per heavy atom. The van der Waals surface area contributed by atoms with Crippen molar-refractivity contribution >= 4 is 5.69 Å². The number of phenols is 1. The second kappa shape index (κ2) is 5.78. The quantitative estimate of drug-likeness (QED) is 0.880. The fraction of sp³-hybridized carbons (Fsp3) is 0.133. The molecule has 0 aliphatic carbocycles. The summed E-state index contributed by atoms with van der Waals surface area (Å²) in [7, 11) is 1.51. The number of hydrogen-bond acceptors (Lipinski definition) is 4. The highest BCUT2D eigenvalue weighted by Crippen LogP contribution is 2.28. The van der Waals surface area contributed by atoms with Crippen molar-refractivity contribution in [3.05, 3.63) is 53.6 Å². The molecule has 0 bridgehead atoms. The number of benzene rings is 2. The van der Waals surface area contributed by atoms with Gasteiger partial charge >= 0.3 is 0 Å². The van der Waals surface area contributed by atoms with E-state index < -0.39 is 0 Å². The van der Waals surface area contributed by atoms with E-state index in [0.717, 1.165) is 11.3 Å². The molecule has 0 amide bonds. The molecule has 2 aromatic carbocycles. The number of phenolic OH excluding ortho intramolecular Hbond substituents is 1. The third kappa shape index (κ3) is 3.17. The maximum absolute atomic E-state index is 9.66. The van der Waals surface area contributed by atoms with E-state index in [0.29, 0.717) is 17.9 Å². The average molecular weight is 254 g/mol. The van der Waals surface area contributed by atoms with Crippen LogP contribution >= 0.6 is 0 Å². The highest BCUT2D eigenvalue weighted by Gasteiger charge is 2.02. The van der Waals surface area contributed by atoms with Crippen molar-refractivity contribution < 1.29 is 9.84 Å². The zero-order chi connectivity index (χ0) is 13.7. The summed E-state index contributed by atoms with van der Waals surface area (Å²) in [6, 6.07) is 14.6. The molecule has 0 saturated heterocycles. The molecule has 0 atom stereocenters. The van der Waals surface area contributed by atoms with Crippen molar-refractivity contribution in [2.75, 3.05) is 12.4 Å². The minimum absolute atomic E-state index is 0.104. The molecule has 0 saturated carbocycles. The lowest BCUT2D eigenvalue weighted by atomic mass is 10.1. The lowest BCUT2D eigenvalue weighted by molar-refractivity contribution is 0.373. The van der Waals surface area contributed by atoms with Crippen LogP contribution in [0, 0.1) is 11.3 Å². The average Bonchev–Trinajstić information content (AvgIpc) is 2.46. The smallest absolute Gasteiger partial charge is 0.160 e. The molecule has 4 heteroatoms. The zero-order valence-corrected chi connectivity index (χ0v) is 10.6. The van der Waals surface area contributed by atoms with E-state index in [9.17, 15) is 5.11 Å². The summed E-state index contributed by atoms with van der Waals surface area (Å²) in [5.41, 5.74) is 2.52. The summed E-state index contributed by atoms with van der Waals surface area (Å²) in [5, 5.41) is 21.6. The molecule has 4 nitrogen and oxygen atoms in total. The van der Waals surface area contributed by atoms with Gasteiger partial charge in [0.2, 0.25) is 0 Å². The Morgan fingerprint density at radius 2 is 1.95 bits per heavy atom. The maximum Gasteiger partial charge on any atom is 0.160 e. The van der Waals surface area contributed by atoms with Crippen molar-refractivity contribution in [2.45, 2.75) is 6.54 Å². The van der Waals surface area contributed by atoms with Crippen LogP contribution in [0.25, 0.3) is 0 Å². The van der Waals surface area contributed by atoms with Crippen LogP contribution in [0.1, 0.15) is 11.1 Å². The first-order chi connectivity index (χ1) is 9.22. The minimum atomic E-state index is 0.104. The summed E-state index contributed by atoms with van der Waals surface area (Å²) >= 11 is 0. The van der Waals surface area contributed by atoms with Gasteiger partial charge in [0, 0.05) is 18.3 Å². The summed E-state index contributed by atoms with van der Waals surface area (Å²) in [6.07, 6.45) is 0. The van der Waals surface area contributed by atoms with Crippen LogP contribution in [0.2, 0.25) is 0 Å². The predicted octanol–water partition coefficient (Wildman–Crippen LogP) is 2.88. The van der Waals surface area contributed by atoms with E-state index in [1.807, 2.05) is 18.2 Å². The van der Waals surface area contributed by atoms with E-state index in [2.05, 4.69) is 11.4 Å². The van der Waals surface area contributed by atoms with Crippen molar-refractivity contribution in [1.29, 1.82) is 5.26 Å². The molecule has 0 aliphatic heterocycles. The Bertz CT molecular complexity index is 601. The van der Waals surface area contributed by atoms with Gasteiger partial charge < -0.3 is 15.2 Å². The lowest BCUT2D eigenvalue weighted by Crippen LogP contribution is -1.99. The van der Waals surface area contributed by atoms with Gasteiger partial charge in [0.25, 0.3) is 0 Å². The second-order valence-electron chi connectivity index (χ2n) is 4.05. The Balaban J connectivity index is 2.02. The number of ether oxygens (including phenoxy) is 1. The molecule has 96 valence electrons. The molecule has 0 radical (unpaired) electrons. The molecule has 19 heavy (non-hydrogen) atoms. The number of nitrogens with zero attached hydrogens (tertiary/aromatic N) is 1. The second-order valence-corrected chi connectivity index (χ2v) is 4.05. The molecule has 2 rings (SSSR count). The number of nitrogens with one attached hydrogen (secondary N) is 1. The molecular formula is C15H14N2O2. The van der Waals surface area contributed by atoms with Crippen molar-refractivity contribution in [1.82, 2.24) is 0 Å². The predicted molar refractivity (Wildman–Crippen MR) is 73.1 cm³/mol. The topological polar surface area (TPSA) is 65.3 Å². The van der Waals surface area contributed by atoms with Crippen molar-refractivity contribution in [3.8, 4) is 17.6 Å². The first-order valence-corrected chi connectivity index (χ1v) is 5.83. The van der Waals surface area contributed by atoms with E-state index in [1.165, 1.54) is 7.11 Å². The van der Waals surface area contributed by atoms with E-state index in [1.54, 1.807) is 24.3 Å². The molecule has 0 heterocycles. The highest BCUT2D eigenvalue weighted by atomic mass is 16.5. The van der Waals surface area contributed by atoms with Crippen LogP contribution in [-0.2, 0) is 6.54 Å². The summed E-state index contributed by atoms with van der Waals surface area (Å²) in [4.78, 5) is 0. The van der Waals surface area contributed by atoms with Gasteiger partial charge in [-0.05, 0) is 29.8 Å². The minimum Gasteiger partial charge on any atom is -0.504 e. The number of aromatic hydroxyl groups is 1. The summed E-state index contributed by atoms with van der Waals surface area (Å²) in [6.45, 7) is 0.622. The third-order valence-electron chi connectivity index (χ3n) is 2.76. The number of hydrogen-bond donors (Lipinski definition) is 2. The number of rotatable bonds is 4. The standard InChI is InChI=1S/C15H14N2O2/c1-19-15-7-6-13(8-14(15)18)17-10-12-4-2-11(9-16)3-5-12/h2-8,17-18H,10H2,1H3. The molecule has 2 aromatic rings. The Kier molecular flexibility index (Phi) is 3.89. The normalized spacial score (nSPS) is 9.68. The highest BCUT2D eigenvalue weighted by molar-refractivity contribution is 5.54. The zero-order valence-electron chi connectivity index (χ0n) is 10.6. The van der Waals surface area contributed by atoms with Gasteiger partial charge in [0.05, 0.1) is 18.7 Å². The van der Waals surface area contributed by atoms with Gasteiger partial charge in [-0.3, -0.25) is 0 Å². The van der Waals surface area contributed by atoms with Gasteiger partial charge in [0.15, 0.2) is 11.5 Å². The SMILES string of the molecule is COc1ccc(NCc2ccc(C#N)cc2)cc1O. The van der Waals surface area contributed by atoms with E-state index in [4.69, 9.17) is 10.00 Å². The van der Waals surface area contributed by atoms with Crippen molar-refractivity contribution in [2.24, 2.45) is 0 Å². The molecule has 2 N–H and O–H groups in total. The van der Waals surface area contributed by atoms with E-state index >= 15 is 0 Å². The molecule has 0 aliphatic rings. The first-order valence-electron chi connectivity index (χ1n) is 5.83. The number of anilines is 1. The molecule has 0 spiro atoms. The lowest BCUT2D eigenvalue weighted by Gasteiger charge is -2.09. The third-order valence-corrected chi connectivity index (χ3v) is 2.76. The van der Waals surface area contributed by atoms with Gasteiger partial charge in [-0.1, -0.05) is 12.1 Å². The molecular weight excluding hydrogens is 240 g/mol. The molecule has 0 aromatic heterocycles. The number of methoxy groups -OCH3 is 1. The fourth-order valence-electron chi connectivity index (χ4n) is 1.70. The Hall–Kier alpha value is -2.67. The van der Waals surface area contributed by atoms with Crippen molar-refractivity contribution in [3.63, 3.8) is 0 Å². The first kappa shape index (κ1) is 12.8. The molecule has 0 fully saturated rings. The fourth-order valence-corrected chi connectivity index (χ4v) is 1.70. The monoisotopic (exact) mass is 254 g/mol. The Labute approximate surface area is 111 Å². The maximum atomic E-state index is 9.66.